The lowest BCUT2D eigenvalue weighted by Gasteiger charge is -2.27. The standard InChI is InChI=1S/C16H27FN2/c1-6-19-15(9-12(2)10-16(3,4)5)13-7-8-18-11-14(13)17/h7-8,11-12,15,19H,6,9-10H2,1-5H3. The molecule has 19 heavy (non-hydrogen) atoms. The molecule has 0 amide bonds. The second kappa shape index (κ2) is 6.99. The van der Waals surface area contributed by atoms with Crippen LogP contribution in [0, 0.1) is 17.2 Å². The van der Waals surface area contributed by atoms with Crippen LogP contribution in [0.2, 0.25) is 0 Å². The van der Waals surface area contributed by atoms with E-state index in [1.54, 1.807) is 12.3 Å². The van der Waals surface area contributed by atoms with Gasteiger partial charge in [-0.15, -0.1) is 0 Å². The third-order valence-electron chi connectivity index (χ3n) is 3.23. The zero-order valence-electron chi connectivity index (χ0n) is 12.8. The van der Waals surface area contributed by atoms with Gasteiger partial charge in [0.25, 0.3) is 0 Å². The molecule has 0 saturated carbocycles. The Morgan fingerprint density at radius 2 is 2.05 bits per heavy atom. The van der Waals surface area contributed by atoms with Crippen molar-refractivity contribution in [1.82, 2.24) is 10.3 Å². The van der Waals surface area contributed by atoms with E-state index in [0.717, 1.165) is 24.9 Å². The number of nitrogens with zero attached hydrogens (tertiary/aromatic N) is 1. The van der Waals surface area contributed by atoms with Crippen LogP contribution in [-0.4, -0.2) is 11.5 Å². The molecule has 0 fully saturated rings. The Morgan fingerprint density at radius 1 is 1.37 bits per heavy atom. The van der Waals surface area contributed by atoms with E-state index < -0.39 is 0 Å². The fraction of sp³-hybridized carbons (Fsp3) is 0.688. The smallest absolute Gasteiger partial charge is 0.146 e. The Kier molecular flexibility index (Phi) is 5.92. The maximum atomic E-state index is 13.8. The van der Waals surface area contributed by atoms with Crippen LogP contribution in [0.1, 0.15) is 59.1 Å². The second-order valence-corrected chi connectivity index (χ2v) is 6.61. The molecule has 3 heteroatoms. The molecule has 0 aliphatic heterocycles. The highest BCUT2D eigenvalue weighted by Gasteiger charge is 2.21. The molecule has 2 nitrogen and oxygen atoms in total. The average molecular weight is 266 g/mol. The number of hydrogen-bond acceptors (Lipinski definition) is 2. The van der Waals surface area contributed by atoms with Gasteiger partial charge in [0.05, 0.1) is 6.20 Å². The van der Waals surface area contributed by atoms with Crippen LogP contribution in [0.4, 0.5) is 4.39 Å². The van der Waals surface area contributed by atoms with Gasteiger partial charge in [-0.2, -0.15) is 0 Å². The normalized spacial score (nSPS) is 15.3. The lowest BCUT2D eigenvalue weighted by Crippen LogP contribution is -2.25. The molecule has 1 aromatic heterocycles. The van der Waals surface area contributed by atoms with Gasteiger partial charge >= 0.3 is 0 Å². The van der Waals surface area contributed by atoms with Crippen molar-refractivity contribution < 1.29 is 4.39 Å². The first-order chi connectivity index (χ1) is 8.83. The van der Waals surface area contributed by atoms with Gasteiger partial charge in [-0.1, -0.05) is 34.6 Å². The largest absolute Gasteiger partial charge is 0.310 e. The maximum absolute atomic E-state index is 13.8. The van der Waals surface area contributed by atoms with E-state index >= 15 is 0 Å². The van der Waals surface area contributed by atoms with Crippen LogP contribution in [0.5, 0.6) is 0 Å². The number of nitrogens with one attached hydrogen (secondary N) is 1. The predicted octanol–water partition coefficient (Wildman–Crippen LogP) is 4.33. The lowest BCUT2D eigenvalue weighted by molar-refractivity contribution is 0.275. The number of halogens is 1. The van der Waals surface area contributed by atoms with Gasteiger partial charge in [-0.3, -0.25) is 4.98 Å². The minimum absolute atomic E-state index is 0.0744. The summed E-state index contributed by atoms with van der Waals surface area (Å²) in [7, 11) is 0. The molecule has 1 heterocycles. The van der Waals surface area contributed by atoms with Gasteiger partial charge in [0.1, 0.15) is 5.82 Å². The SMILES string of the molecule is CCNC(CC(C)CC(C)(C)C)c1ccncc1F. The summed E-state index contributed by atoms with van der Waals surface area (Å²) in [4.78, 5) is 3.82. The molecule has 1 aromatic rings. The fourth-order valence-corrected chi connectivity index (χ4v) is 2.77. The Hall–Kier alpha value is -0.960. The minimum Gasteiger partial charge on any atom is -0.310 e. The first-order valence-corrected chi connectivity index (χ1v) is 7.16. The Labute approximate surface area is 116 Å². The van der Waals surface area contributed by atoms with E-state index in [1.165, 1.54) is 6.20 Å². The van der Waals surface area contributed by atoms with Crippen molar-refractivity contribution >= 4 is 0 Å². The van der Waals surface area contributed by atoms with Crippen LogP contribution in [0.25, 0.3) is 0 Å². The van der Waals surface area contributed by atoms with E-state index in [9.17, 15) is 4.39 Å². The number of aromatic nitrogens is 1. The highest BCUT2D eigenvalue weighted by Crippen LogP contribution is 2.31. The van der Waals surface area contributed by atoms with Crippen molar-refractivity contribution in [3.05, 3.63) is 29.8 Å². The average Bonchev–Trinajstić information content (AvgIpc) is 2.26. The molecule has 108 valence electrons. The van der Waals surface area contributed by atoms with E-state index in [4.69, 9.17) is 0 Å². The summed E-state index contributed by atoms with van der Waals surface area (Å²) < 4.78 is 13.8. The third-order valence-corrected chi connectivity index (χ3v) is 3.23. The summed E-state index contributed by atoms with van der Waals surface area (Å²) in [5.41, 5.74) is 1.05. The molecule has 0 aliphatic carbocycles. The zero-order chi connectivity index (χ0) is 14.5. The first kappa shape index (κ1) is 16.1. The van der Waals surface area contributed by atoms with E-state index in [-0.39, 0.29) is 11.9 Å². The highest BCUT2D eigenvalue weighted by atomic mass is 19.1. The molecular weight excluding hydrogens is 239 g/mol. The third kappa shape index (κ3) is 5.68. The van der Waals surface area contributed by atoms with E-state index in [2.05, 4.69) is 44.9 Å². The van der Waals surface area contributed by atoms with Crippen LogP contribution in [0.15, 0.2) is 18.5 Å². The van der Waals surface area contributed by atoms with Crippen molar-refractivity contribution in [2.24, 2.45) is 11.3 Å². The summed E-state index contributed by atoms with van der Waals surface area (Å²) in [5, 5.41) is 3.39. The van der Waals surface area contributed by atoms with Crippen LogP contribution in [0.3, 0.4) is 0 Å². The fourth-order valence-electron chi connectivity index (χ4n) is 2.77. The van der Waals surface area contributed by atoms with Gasteiger partial charge in [0.15, 0.2) is 0 Å². The molecule has 1 N–H and O–H groups in total. The Bertz CT molecular complexity index is 385. The summed E-state index contributed by atoms with van der Waals surface area (Å²) >= 11 is 0. The highest BCUT2D eigenvalue weighted by molar-refractivity contribution is 5.17. The van der Waals surface area contributed by atoms with Crippen molar-refractivity contribution in [1.29, 1.82) is 0 Å². The summed E-state index contributed by atoms with van der Waals surface area (Å²) in [6, 6.07) is 1.86. The minimum atomic E-state index is -0.212. The second-order valence-electron chi connectivity index (χ2n) is 6.61. The first-order valence-electron chi connectivity index (χ1n) is 7.16. The number of rotatable bonds is 6. The number of pyridine rings is 1. The predicted molar refractivity (Wildman–Crippen MR) is 78.5 cm³/mol. The monoisotopic (exact) mass is 266 g/mol. The summed E-state index contributed by atoms with van der Waals surface area (Å²) in [6.07, 6.45) is 5.05. The lowest BCUT2D eigenvalue weighted by atomic mass is 9.82. The topological polar surface area (TPSA) is 24.9 Å². The van der Waals surface area contributed by atoms with Crippen molar-refractivity contribution in [3.63, 3.8) is 0 Å². The molecular formula is C16H27FN2. The van der Waals surface area contributed by atoms with Gasteiger partial charge in [-0.05, 0) is 36.8 Å². The van der Waals surface area contributed by atoms with Gasteiger partial charge in [0.2, 0.25) is 0 Å². The molecule has 0 aliphatic rings. The van der Waals surface area contributed by atoms with Gasteiger partial charge in [0, 0.05) is 17.8 Å². The van der Waals surface area contributed by atoms with Crippen molar-refractivity contribution in [2.75, 3.05) is 6.54 Å². The number of hydrogen-bond donors (Lipinski definition) is 1. The Balaban J connectivity index is 2.76. The van der Waals surface area contributed by atoms with Gasteiger partial charge in [-0.25, -0.2) is 4.39 Å². The van der Waals surface area contributed by atoms with Crippen LogP contribution >= 0.6 is 0 Å². The van der Waals surface area contributed by atoms with E-state index in [0.29, 0.717) is 11.3 Å². The molecule has 0 spiro atoms. The van der Waals surface area contributed by atoms with Crippen LogP contribution < -0.4 is 5.32 Å². The molecule has 0 bridgehead atoms. The molecule has 0 radical (unpaired) electrons. The molecule has 0 saturated heterocycles. The van der Waals surface area contributed by atoms with Crippen LogP contribution in [-0.2, 0) is 0 Å². The quantitative estimate of drug-likeness (QED) is 0.828. The van der Waals surface area contributed by atoms with E-state index in [1.807, 2.05) is 0 Å². The molecule has 0 aromatic carbocycles. The summed E-state index contributed by atoms with van der Waals surface area (Å²) in [5.74, 6) is 0.341. The molecule has 2 unspecified atom stereocenters. The zero-order valence-corrected chi connectivity index (χ0v) is 12.8. The van der Waals surface area contributed by atoms with Gasteiger partial charge < -0.3 is 5.32 Å². The molecule has 1 rings (SSSR count). The van der Waals surface area contributed by atoms with Crippen molar-refractivity contribution in [3.8, 4) is 0 Å². The Morgan fingerprint density at radius 3 is 2.58 bits per heavy atom. The summed E-state index contributed by atoms with van der Waals surface area (Å²) in [6.45, 7) is 11.9. The van der Waals surface area contributed by atoms with Crippen molar-refractivity contribution in [2.45, 2.75) is 53.5 Å². The molecule has 2 atom stereocenters. The maximum Gasteiger partial charge on any atom is 0.146 e.